The molecule has 2 unspecified atom stereocenters. The Morgan fingerprint density at radius 1 is 1.50 bits per heavy atom. The van der Waals surface area contributed by atoms with Crippen molar-refractivity contribution in [1.29, 1.82) is 0 Å². The lowest BCUT2D eigenvalue weighted by molar-refractivity contribution is 0.106. The fourth-order valence-electron chi connectivity index (χ4n) is 1.11. The van der Waals surface area contributed by atoms with Gasteiger partial charge in [0.2, 0.25) is 0 Å². The monoisotopic (exact) mass is 219 g/mol. The molecule has 5 heteroatoms. The number of aliphatic hydroxyl groups is 2. The first-order chi connectivity index (χ1) is 6.57. The Balaban J connectivity index is 3.05. The van der Waals surface area contributed by atoms with Crippen molar-refractivity contribution >= 4 is 11.6 Å². The lowest BCUT2D eigenvalue weighted by Gasteiger charge is -2.18. The van der Waals surface area contributed by atoms with E-state index in [9.17, 15) is 9.50 Å². The van der Waals surface area contributed by atoms with E-state index >= 15 is 0 Å². The molecular weight excluding hydrogens is 209 g/mol. The van der Waals surface area contributed by atoms with Crippen LogP contribution in [0.1, 0.15) is 11.7 Å². The largest absolute Gasteiger partial charge is 0.395 e. The van der Waals surface area contributed by atoms with Crippen LogP contribution >= 0.6 is 11.6 Å². The number of rotatable bonds is 3. The number of halogens is 2. The maximum Gasteiger partial charge on any atom is 0.130 e. The maximum absolute atomic E-state index is 13.2. The molecular formula is C9H11ClFNO2. The van der Waals surface area contributed by atoms with Gasteiger partial charge >= 0.3 is 0 Å². The first-order valence-corrected chi connectivity index (χ1v) is 4.44. The Labute approximate surface area is 85.9 Å². The number of hydrogen-bond acceptors (Lipinski definition) is 3. The van der Waals surface area contributed by atoms with Gasteiger partial charge in [0, 0.05) is 10.6 Å². The molecule has 1 rings (SSSR count). The van der Waals surface area contributed by atoms with Crippen LogP contribution in [0, 0.1) is 5.82 Å². The van der Waals surface area contributed by atoms with Gasteiger partial charge in [0.1, 0.15) is 11.9 Å². The Bertz CT molecular complexity index is 301. The summed E-state index contributed by atoms with van der Waals surface area (Å²) in [6.07, 6.45) is -1.30. The summed E-state index contributed by atoms with van der Waals surface area (Å²) in [6.45, 7) is -0.439. The highest BCUT2D eigenvalue weighted by Gasteiger charge is 2.22. The van der Waals surface area contributed by atoms with Crippen LogP contribution in [0.2, 0.25) is 5.02 Å². The standard InChI is InChI=1S/C9H11ClFNO2/c10-5-2-1-3-6(11)8(5)9(14)7(12)4-13/h1-3,7,9,13-14H,4,12H2. The van der Waals surface area contributed by atoms with Gasteiger partial charge in [0.05, 0.1) is 12.6 Å². The van der Waals surface area contributed by atoms with E-state index in [4.69, 9.17) is 22.4 Å². The Morgan fingerprint density at radius 2 is 2.14 bits per heavy atom. The molecule has 0 bridgehead atoms. The van der Waals surface area contributed by atoms with Crippen LogP contribution < -0.4 is 5.73 Å². The first kappa shape index (κ1) is 11.4. The third-order valence-corrected chi connectivity index (χ3v) is 2.24. The third kappa shape index (κ3) is 2.22. The first-order valence-electron chi connectivity index (χ1n) is 4.06. The van der Waals surface area contributed by atoms with Crippen LogP contribution in [0.3, 0.4) is 0 Å². The van der Waals surface area contributed by atoms with Crippen LogP contribution in [0.15, 0.2) is 18.2 Å². The van der Waals surface area contributed by atoms with Crippen LogP contribution in [0.4, 0.5) is 4.39 Å². The lowest BCUT2D eigenvalue weighted by Crippen LogP contribution is -2.32. The maximum atomic E-state index is 13.2. The second kappa shape index (κ2) is 4.70. The minimum Gasteiger partial charge on any atom is -0.395 e. The molecule has 0 aliphatic carbocycles. The fraction of sp³-hybridized carbons (Fsp3) is 0.333. The highest BCUT2D eigenvalue weighted by atomic mass is 35.5. The topological polar surface area (TPSA) is 66.5 Å². The number of hydrogen-bond donors (Lipinski definition) is 3. The van der Waals surface area contributed by atoms with Gasteiger partial charge < -0.3 is 15.9 Å². The van der Waals surface area contributed by atoms with E-state index in [1.807, 2.05) is 0 Å². The van der Waals surface area contributed by atoms with Crippen molar-refractivity contribution in [2.45, 2.75) is 12.1 Å². The molecule has 1 aromatic rings. The Kier molecular flexibility index (Phi) is 3.83. The van der Waals surface area contributed by atoms with E-state index in [0.29, 0.717) is 0 Å². The molecule has 0 saturated heterocycles. The molecule has 0 aliphatic rings. The summed E-state index contributed by atoms with van der Waals surface area (Å²) in [5, 5.41) is 18.3. The van der Waals surface area contributed by atoms with Crippen molar-refractivity contribution in [2.75, 3.05) is 6.61 Å². The smallest absolute Gasteiger partial charge is 0.130 e. The van der Waals surface area contributed by atoms with Crippen molar-refractivity contribution in [2.24, 2.45) is 5.73 Å². The van der Waals surface area contributed by atoms with Gasteiger partial charge in [-0.25, -0.2) is 4.39 Å². The average molecular weight is 220 g/mol. The molecule has 0 amide bonds. The molecule has 3 nitrogen and oxygen atoms in total. The van der Waals surface area contributed by atoms with Gasteiger partial charge in [-0.15, -0.1) is 0 Å². The highest BCUT2D eigenvalue weighted by Crippen LogP contribution is 2.27. The van der Waals surface area contributed by atoms with Gasteiger partial charge in [-0.1, -0.05) is 17.7 Å². The molecule has 78 valence electrons. The predicted molar refractivity (Wildman–Crippen MR) is 51.4 cm³/mol. The Hall–Kier alpha value is -0.680. The summed E-state index contributed by atoms with van der Waals surface area (Å²) in [5.41, 5.74) is 5.29. The van der Waals surface area contributed by atoms with Gasteiger partial charge in [-0.05, 0) is 12.1 Å². The molecule has 1 aromatic carbocycles. The number of nitrogens with two attached hydrogens (primary N) is 1. The summed E-state index contributed by atoms with van der Waals surface area (Å²) >= 11 is 5.69. The van der Waals surface area contributed by atoms with Crippen molar-refractivity contribution < 1.29 is 14.6 Å². The lowest BCUT2D eigenvalue weighted by atomic mass is 10.0. The van der Waals surface area contributed by atoms with Gasteiger partial charge in [-0.2, -0.15) is 0 Å². The minimum atomic E-state index is -1.30. The molecule has 0 fully saturated rings. The highest BCUT2D eigenvalue weighted by molar-refractivity contribution is 6.31. The van der Waals surface area contributed by atoms with E-state index in [1.165, 1.54) is 18.2 Å². The van der Waals surface area contributed by atoms with Gasteiger partial charge in [0.25, 0.3) is 0 Å². The van der Waals surface area contributed by atoms with Gasteiger partial charge in [-0.3, -0.25) is 0 Å². The normalized spacial score (nSPS) is 15.2. The number of aliphatic hydroxyl groups excluding tert-OH is 2. The Morgan fingerprint density at radius 3 is 2.64 bits per heavy atom. The summed E-state index contributed by atoms with van der Waals surface area (Å²) in [4.78, 5) is 0. The zero-order valence-corrected chi connectivity index (χ0v) is 8.08. The summed E-state index contributed by atoms with van der Waals surface area (Å²) in [5.74, 6) is -0.631. The quantitative estimate of drug-likeness (QED) is 0.706. The van der Waals surface area contributed by atoms with Crippen molar-refractivity contribution in [3.63, 3.8) is 0 Å². The molecule has 0 spiro atoms. The van der Waals surface area contributed by atoms with Crippen LogP contribution in [0.5, 0.6) is 0 Å². The molecule has 0 radical (unpaired) electrons. The molecule has 4 N–H and O–H groups in total. The van der Waals surface area contributed by atoms with E-state index < -0.39 is 24.6 Å². The molecule has 2 atom stereocenters. The molecule has 0 heterocycles. The summed E-state index contributed by atoms with van der Waals surface area (Å²) in [7, 11) is 0. The minimum absolute atomic E-state index is 0.0734. The molecule has 14 heavy (non-hydrogen) atoms. The second-order valence-corrected chi connectivity index (χ2v) is 3.33. The molecule has 0 aromatic heterocycles. The summed E-state index contributed by atoms with van der Waals surface area (Å²) < 4.78 is 13.2. The average Bonchev–Trinajstić information content (AvgIpc) is 2.16. The molecule has 0 aliphatic heterocycles. The molecule has 0 saturated carbocycles. The SMILES string of the molecule is NC(CO)C(O)c1c(F)cccc1Cl. The van der Waals surface area contributed by atoms with Crippen molar-refractivity contribution in [3.05, 3.63) is 34.6 Å². The fourth-order valence-corrected chi connectivity index (χ4v) is 1.38. The van der Waals surface area contributed by atoms with Crippen LogP contribution in [-0.4, -0.2) is 22.9 Å². The van der Waals surface area contributed by atoms with Crippen molar-refractivity contribution in [3.8, 4) is 0 Å². The third-order valence-electron chi connectivity index (χ3n) is 1.91. The zero-order chi connectivity index (χ0) is 10.7. The zero-order valence-electron chi connectivity index (χ0n) is 7.32. The summed E-state index contributed by atoms with van der Waals surface area (Å²) in [6, 6.07) is 3.12. The van der Waals surface area contributed by atoms with Crippen LogP contribution in [0.25, 0.3) is 0 Å². The van der Waals surface area contributed by atoms with E-state index in [1.54, 1.807) is 0 Å². The van der Waals surface area contributed by atoms with Crippen molar-refractivity contribution in [1.82, 2.24) is 0 Å². The predicted octanol–water partition coefficient (Wildman–Crippen LogP) is 0.832. The van der Waals surface area contributed by atoms with Gasteiger partial charge in [0.15, 0.2) is 0 Å². The van der Waals surface area contributed by atoms with E-state index in [2.05, 4.69) is 0 Å². The van der Waals surface area contributed by atoms with Crippen LogP contribution in [-0.2, 0) is 0 Å². The van der Waals surface area contributed by atoms with E-state index in [0.717, 1.165) is 0 Å². The van der Waals surface area contributed by atoms with E-state index in [-0.39, 0.29) is 10.6 Å². The number of benzene rings is 1. The second-order valence-electron chi connectivity index (χ2n) is 2.93.